The summed E-state index contributed by atoms with van der Waals surface area (Å²) in [4.78, 5) is 42.8. The number of carbonyl (C=O) groups is 2. The molecule has 0 saturated heterocycles. The smallest absolute Gasteiger partial charge is 0.462 e. The average Bonchev–Trinajstić information content (AvgIpc) is 3.10. The first-order valence-corrected chi connectivity index (χ1v) is 23.0. The summed E-state index contributed by atoms with van der Waals surface area (Å²) < 4.78 is 26.4. The Kier molecular flexibility index (Phi) is 37.6. The molecule has 0 aliphatic heterocycles. The number of phosphoric ester groups is 1. The Bertz CT molecular complexity index is 843. The molecule has 0 radical (unpaired) electrons. The van der Waals surface area contributed by atoms with Crippen LogP contribution >= 0.6 is 7.82 Å². The minimum absolute atomic E-state index is 0.217. The summed E-state index contributed by atoms with van der Waals surface area (Å²) in [6.07, 6.45) is 42.2. The fraction of sp³-hybridized carbons (Fsp3) is 0.905. The van der Waals surface area contributed by atoms with E-state index in [-0.39, 0.29) is 19.4 Å². The van der Waals surface area contributed by atoms with Gasteiger partial charge in [-0.1, -0.05) is 187 Å². The van der Waals surface area contributed by atoms with Crippen molar-refractivity contribution in [3.05, 3.63) is 12.2 Å². The number of ether oxygens (including phenoxy) is 2. The van der Waals surface area contributed by atoms with Gasteiger partial charge in [0.05, 0.1) is 6.61 Å². The molecule has 1 atom stereocenters. The third-order valence-corrected chi connectivity index (χ3v) is 10.0. The number of hydrogen-bond acceptors (Lipinski definition) is 6. The van der Waals surface area contributed by atoms with Crippen molar-refractivity contribution in [3.8, 4) is 0 Å². The molecule has 0 fully saturated rings. The van der Waals surface area contributed by atoms with Gasteiger partial charge >= 0.3 is 19.8 Å². The summed E-state index contributed by atoms with van der Waals surface area (Å²) in [5, 5.41) is 0. The van der Waals surface area contributed by atoms with Crippen LogP contribution in [0, 0.1) is 0 Å². The Morgan fingerprint density at radius 2 is 0.824 bits per heavy atom. The molecule has 2 N–H and O–H groups in total. The lowest BCUT2D eigenvalue weighted by Gasteiger charge is -2.18. The zero-order chi connectivity index (χ0) is 37.5. The first-order chi connectivity index (χ1) is 24.8. The van der Waals surface area contributed by atoms with Gasteiger partial charge in [0, 0.05) is 12.8 Å². The Morgan fingerprint density at radius 1 is 0.490 bits per heavy atom. The first kappa shape index (κ1) is 49.8. The maximum atomic E-state index is 12.4. The molecule has 0 aromatic heterocycles. The van der Waals surface area contributed by atoms with Crippen molar-refractivity contribution in [2.75, 3.05) is 13.2 Å². The minimum atomic E-state index is -4.75. The summed E-state index contributed by atoms with van der Waals surface area (Å²) in [6, 6.07) is 0. The highest BCUT2D eigenvalue weighted by Gasteiger charge is 2.22. The molecule has 0 unspecified atom stereocenters. The number of carbonyl (C=O) groups excluding carboxylic acids is 2. The third kappa shape index (κ3) is 41.4. The Labute approximate surface area is 314 Å². The molecule has 51 heavy (non-hydrogen) atoms. The van der Waals surface area contributed by atoms with E-state index in [1.807, 2.05) is 0 Å². The van der Waals surface area contributed by atoms with E-state index in [0.717, 1.165) is 44.9 Å². The highest BCUT2D eigenvalue weighted by atomic mass is 31.2. The molecule has 8 nitrogen and oxygen atoms in total. The standard InChI is InChI=1S/C42H81O8P/c1-3-5-7-9-11-13-15-17-19-20-21-23-25-27-29-31-33-35-37-42(44)50-40(39-49-51(45,46)47)38-48-41(43)36-34-32-30-28-26-24-22-18-16-14-12-10-8-6-4-2/h14,16,40H,3-13,15,17-39H2,1-2H3,(H2,45,46,47)/b16-14+/t40-/m1/s1. The van der Waals surface area contributed by atoms with Crippen LogP contribution in [0.5, 0.6) is 0 Å². The summed E-state index contributed by atoms with van der Waals surface area (Å²) >= 11 is 0. The molecule has 0 spiro atoms. The summed E-state index contributed by atoms with van der Waals surface area (Å²) in [7, 11) is -4.75. The van der Waals surface area contributed by atoms with Crippen molar-refractivity contribution in [3.63, 3.8) is 0 Å². The van der Waals surface area contributed by atoms with E-state index < -0.39 is 32.5 Å². The van der Waals surface area contributed by atoms with Crippen molar-refractivity contribution >= 4 is 19.8 Å². The minimum Gasteiger partial charge on any atom is -0.462 e. The lowest BCUT2D eigenvalue weighted by Crippen LogP contribution is -2.29. The molecular weight excluding hydrogens is 663 g/mol. The molecule has 0 aromatic carbocycles. The third-order valence-electron chi connectivity index (χ3n) is 9.53. The van der Waals surface area contributed by atoms with E-state index in [0.29, 0.717) is 6.42 Å². The number of allylic oxidation sites excluding steroid dienone is 2. The van der Waals surface area contributed by atoms with E-state index in [1.165, 1.54) is 148 Å². The largest absolute Gasteiger partial charge is 0.469 e. The van der Waals surface area contributed by atoms with Gasteiger partial charge in [0.25, 0.3) is 0 Å². The highest BCUT2D eigenvalue weighted by molar-refractivity contribution is 7.46. The van der Waals surface area contributed by atoms with Crippen LogP contribution in [-0.2, 0) is 28.2 Å². The van der Waals surface area contributed by atoms with Crippen molar-refractivity contribution in [1.29, 1.82) is 0 Å². The molecule has 0 aliphatic rings. The van der Waals surface area contributed by atoms with Gasteiger partial charge in [-0.2, -0.15) is 0 Å². The van der Waals surface area contributed by atoms with Gasteiger partial charge < -0.3 is 19.3 Å². The monoisotopic (exact) mass is 745 g/mol. The topological polar surface area (TPSA) is 119 Å². The van der Waals surface area contributed by atoms with Gasteiger partial charge in [0.2, 0.25) is 0 Å². The molecule has 0 rings (SSSR count). The summed E-state index contributed by atoms with van der Waals surface area (Å²) in [5.74, 6) is -0.877. The fourth-order valence-electron chi connectivity index (χ4n) is 6.31. The molecule has 302 valence electrons. The molecule has 0 aliphatic carbocycles. The fourth-order valence-corrected chi connectivity index (χ4v) is 6.67. The van der Waals surface area contributed by atoms with E-state index in [4.69, 9.17) is 19.3 Å². The first-order valence-electron chi connectivity index (χ1n) is 21.5. The van der Waals surface area contributed by atoms with E-state index in [2.05, 4.69) is 30.5 Å². The molecule has 0 aromatic rings. The highest BCUT2D eigenvalue weighted by Crippen LogP contribution is 2.36. The van der Waals surface area contributed by atoms with Crippen molar-refractivity contribution < 1.29 is 37.9 Å². The Morgan fingerprint density at radius 3 is 1.22 bits per heavy atom. The number of esters is 2. The molecule has 0 heterocycles. The predicted molar refractivity (Wildman–Crippen MR) is 212 cm³/mol. The van der Waals surface area contributed by atoms with Crippen LogP contribution in [0.1, 0.15) is 226 Å². The number of phosphoric acid groups is 1. The van der Waals surface area contributed by atoms with Crippen LogP contribution in [0.4, 0.5) is 0 Å². The molecule has 0 bridgehead atoms. The Hall–Kier alpha value is -1.21. The van der Waals surface area contributed by atoms with Gasteiger partial charge in [-0.3, -0.25) is 14.1 Å². The van der Waals surface area contributed by atoms with Gasteiger partial charge in [-0.05, 0) is 38.5 Å². The maximum absolute atomic E-state index is 12.4. The zero-order valence-corrected chi connectivity index (χ0v) is 34.2. The number of rotatable bonds is 40. The van der Waals surface area contributed by atoms with Crippen molar-refractivity contribution in [2.24, 2.45) is 0 Å². The Balaban J connectivity index is 3.87. The summed E-state index contributed by atoms with van der Waals surface area (Å²) in [5.41, 5.74) is 0. The second-order valence-electron chi connectivity index (χ2n) is 14.7. The number of unbranched alkanes of at least 4 members (excludes halogenated alkanes) is 28. The van der Waals surface area contributed by atoms with Gasteiger partial charge in [0.15, 0.2) is 6.10 Å². The van der Waals surface area contributed by atoms with Gasteiger partial charge in [-0.15, -0.1) is 0 Å². The lowest BCUT2D eigenvalue weighted by molar-refractivity contribution is -0.161. The predicted octanol–water partition coefficient (Wildman–Crippen LogP) is 13.0. The van der Waals surface area contributed by atoms with Crippen molar-refractivity contribution in [1.82, 2.24) is 0 Å². The zero-order valence-electron chi connectivity index (χ0n) is 33.3. The summed E-state index contributed by atoms with van der Waals surface area (Å²) in [6.45, 7) is 3.70. The van der Waals surface area contributed by atoms with E-state index >= 15 is 0 Å². The van der Waals surface area contributed by atoms with Crippen LogP contribution in [0.2, 0.25) is 0 Å². The molecule has 9 heteroatoms. The molecular formula is C42H81O8P. The average molecular weight is 745 g/mol. The SMILES string of the molecule is CCCCCC/C=C/CCCCCCCCCC(=O)OC[C@H](COP(=O)(O)O)OC(=O)CCCCCCCCCCCCCCCCCCCC. The molecule has 0 amide bonds. The van der Waals surface area contributed by atoms with Crippen LogP contribution in [0.15, 0.2) is 12.2 Å². The van der Waals surface area contributed by atoms with Crippen LogP contribution in [0.3, 0.4) is 0 Å². The van der Waals surface area contributed by atoms with Gasteiger partial charge in [-0.25, -0.2) is 4.57 Å². The second-order valence-corrected chi connectivity index (χ2v) is 15.9. The lowest BCUT2D eigenvalue weighted by atomic mass is 10.0. The second kappa shape index (κ2) is 38.5. The maximum Gasteiger partial charge on any atom is 0.469 e. The molecule has 0 saturated carbocycles. The van der Waals surface area contributed by atoms with Crippen LogP contribution in [-0.4, -0.2) is 41.0 Å². The van der Waals surface area contributed by atoms with Crippen LogP contribution < -0.4 is 0 Å². The number of hydrogen-bond donors (Lipinski definition) is 2. The van der Waals surface area contributed by atoms with E-state index in [1.54, 1.807) is 0 Å². The van der Waals surface area contributed by atoms with Crippen LogP contribution in [0.25, 0.3) is 0 Å². The van der Waals surface area contributed by atoms with E-state index in [9.17, 15) is 14.2 Å². The quantitative estimate of drug-likeness (QED) is 0.0275. The van der Waals surface area contributed by atoms with Crippen molar-refractivity contribution in [2.45, 2.75) is 232 Å². The van der Waals surface area contributed by atoms with Gasteiger partial charge in [0.1, 0.15) is 6.61 Å². The normalized spacial score (nSPS) is 12.5.